The molecule has 2 unspecified atom stereocenters. The molecule has 22 heavy (non-hydrogen) atoms. The highest BCUT2D eigenvalue weighted by Crippen LogP contribution is 2.18. The summed E-state index contributed by atoms with van der Waals surface area (Å²) < 4.78 is 5.16. The second-order valence-electron chi connectivity index (χ2n) is 5.77. The summed E-state index contributed by atoms with van der Waals surface area (Å²) in [5.41, 5.74) is 0.722. The number of nitrogens with zero attached hydrogens (tertiary/aromatic N) is 2. The molecule has 2 amide bonds. The summed E-state index contributed by atoms with van der Waals surface area (Å²) in [4.78, 5) is 16.7. The molecule has 5 nitrogen and oxygen atoms in total. The number of anilines is 1. The highest BCUT2D eigenvalue weighted by molar-refractivity contribution is 6.30. The minimum atomic E-state index is -0.0765. The maximum absolute atomic E-state index is 12.4. The second-order valence-corrected chi connectivity index (χ2v) is 6.21. The van der Waals surface area contributed by atoms with Gasteiger partial charge in [0.1, 0.15) is 0 Å². The van der Waals surface area contributed by atoms with E-state index >= 15 is 0 Å². The van der Waals surface area contributed by atoms with Gasteiger partial charge in [0.15, 0.2) is 0 Å². The van der Waals surface area contributed by atoms with E-state index in [4.69, 9.17) is 16.3 Å². The molecule has 0 aromatic heterocycles. The molecule has 1 aliphatic heterocycles. The van der Waals surface area contributed by atoms with Crippen LogP contribution in [-0.4, -0.2) is 61.3 Å². The maximum atomic E-state index is 12.4. The van der Waals surface area contributed by atoms with Gasteiger partial charge in [-0.15, -0.1) is 0 Å². The van der Waals surface area contributed by atoms with E-state index in [9.17, 15) is 4.79 Å². The first-order valence-corrected chi connectivity index (χ1v) is 7.95. The molecule has 1 saturated heterocycles. The van der Waals surface area contributed by atoms with E-state index in [0.717, 1.165) is 12.2 Å². The van der Waals surface area contributed by atoms with Gasteiger partial charge in [-0.2, -0.15) is 0 Å². The van der Waals surface area contributed by atoms with Crippen LogP contribution in [0.4, 0.5) is 10.5 Å². The Bertz CT molecular complexity index is 500. The fourth-order valence-corrected chi connectivity index (χ4v) is 3.12. The number of ether oxygens (including phenoxy) is 1. The molecule has 1 fully saturated rings. The summed E-state index contributed by atoms with van der Waals surface area (Å²) in [7, 11) is 1.71. The topological polar surface area (TPSA) is 44.8 Å². The largest absolute Gasteiger partial charge is 0.383 e. The number of carbonyl (C=O) groups excluding carboxylic acids is 1. The number of amides is 2. The molecule has 0 bridgehead atoms. The molecule has 1 N–H and O–H groups in total. The van der Waals surface area contributed by atoms with Crippen molar-refractivity contribution < 1.29 is 9.53 Å². The third-order valence-electron chi connectivity index (χ3n) is 4.02. The van der Waals surface area contributed by atoms with Crippen molar-refractivity contribution in [3.05, 3.63) is 29.3 Å². The van der Waals surface area contributed by atoms with Crippen LogP contribution in [0, 0.1) is 0 Å². The van der Waals surface area contributed by atoms with Crippen molar-refractivity contribution in [2.24, 2.45) is 0 Å². The monoisotopic (exact) mass is 325 g/mol. The number of urea groups is 1. The summed E-state index contributed by atoms with van der Waals surface area (Å²) >= 11 is 5.94. The van der Waals surface area contributed by atoms with Crippen LogP contribution in [0.2, 0.25) is 5.02 Å². The zero-order valence-corrected chi connectivity index (χ0v) is 14.1. The van der Waals surface area contributed by atoms with Crippen molar-refractivity contribution in [3.63, 3.8) is 0 Å². The van der Waals surface area contributed by atoms with Crippen molar-refractivity contribution in [2.75, 3.05) is 38.7 Å². The van der Waals surface area contributed by atoms with E-state index in [1.165, 1.54) is 0 Å². The van der Waals surface area contributed by atoms with Crippen LogP contribution in [0.25, 0.3) is 0 Å². The average molecular weight is 326 g/mol. The van der Waals surface area contributed by atoms with Crippen molar-refractivity contribution in [1.82, 2.24) is 9.80 Å². The summed E-state index contributed by atoms with van der Waals surface area (Å²) in [6, 6.07) is 7.74. The number of benzene rings is 1. The zero-order valence-electron chi connectivity index (χ0n) is 13.4. The molecule has 1 aliphatic rings. The van der Waals surface area contributed by atoms with Crippen molar-refractivity contribution in [1.29, 1.82) is 0 Å². The molecule has 1 aromatic carbocycles. The van der Waals surface area contributed by atoms with Gasteiger partial charge in [-0.25, -0.2) is 4.79 Å². The predicted octanol–water partition coefficient (Wildman–Crippen LogP) is 2.91. The van der Waals surface area contributed by atoms with Gasteiger partial charge in [0, 0.05) is 49.5 Å². The number of halogens is 1. The first-order chi connectivity index (χ1) is 10.5. The molecule has 6 heteroatoms. The lowest BCUT2D eigenvalue weighted by atomic mass is 10.1. The van der Waals surface area contributed by atoms with Crippen LogP contribution in [0.3, 0.4) is 0 Å². The fourth-order valence-electron chi connectivity index (χ4n) is 2.93. The Balaban J connectivity index is 1.94. The standard InChI is InChI=1S/C16H24ClN3O2/c1-12-10-19(11-13(2)20(12)7-8-22-3)16(21)18-15-6-4-5-14(17)9-15/h4-6,9,12-13H,7-8,10-11H2,1-3H3,(H,18,21). The first-order valence-electron chi connectivity index (χ1n) is 7.57. The number of methoxy groups -OCH3 is 1. The van der Waals surface area contributed by atoms with E-state index in [2.05, 4.69) is 24.1 Å². The van der Waals surface area contributed by atoms with Gasteiger partial charge < -0.3 is 15.0 Å². The van der Waals surface area contributed by atoms with Gasteiger partial charge in [-0.05, 0) is 32.0 Å². The summed E-state index contributed by atoms with van der Waals surface area (Å²) in [5.74, 6) is 0. The number of rotatable bonds is 4. The summed E-state index contributed by atoms with van der Waals surface area (Å²) in [6.07, 6.45) is 0. The molecule has 0 saturated carbocycles. The molecule has 1 aromatic rings. The molecule has 1 heterocycles. The molecule has 0 radical (unpaired) electrons. The smallest absolute Gasteiger partial charge is 0.321 e. The van der Waals surface area contributed by atoms with Crippen LogP contribution < -0.4 is 5.32 Å². The molecular weight excluding hydrogens is 302 g/mol. The Morgan fingerprint density at radius 1 is 1.36 bits per heavy atom. The van der Waals surface area contributed by atoms with Crippen LogP contribution in [0.15, 0.2) is 24.3 Å². The Hall–Kier alpha value is -1.30. The summed E-state index contributed by atoms with van der Waals surface area (Å²) in [6.45, 7) is 7.31. The van der Waals surface area contributed by atoms with Crippen molar-refractivity contribution in [3.8, 4) is 0 Å². The van der Waals surface area contributed by atoms with Gasteiger partial charge in [-0.3, -0.25) is 4.90 Å². The summed E-state index contributed by atoms with van der Waals surface area (Å²) in [5, 5.41) is 3.53. The highest BCUT2D eigenvalue weighted by Gasteiger charge is 2.31. The van der Waals surface area contributed by atoms with Gasteiger partial charge in [-0.1, -0.05) is 17.7 Å². The van der Waals surface area contributed by atoms with Crippen LogP contribution in [0.5, 0.6) is 0 Å². The number of carbonyl (C=O) groups is 1. The number of hydrogen-bond donors (Lipinski definition) is 1. The van der Waals surface area contributed by atoms with E-state index in [1.807, 2.05) is 17.0 Å². The molecule has 2 atom stereocenters. The van der Waals surface area contributed by atoms with Gasteiger partial charge >= 0.3 is 6.03 Å². The SMILES string of the molecule is COCCN1C(C)CN(C(=O)Nc2cccc(Cl)c2)CC1C. The van der Waals surface area contributed by atoms with E-state index in [-0.39, 0.29) is 6.03 Å². The van der Waals surface area contributed by atoms with Crippen molar-refractivity contribution >= 4 is 23.3 Å². The zero-order chi connectivity index (χ0) is 16.1. The lowest BCUT2D eigenvalue weighted by Gasteiger charge is -2.44. The lowest BCUT2D eigenvalue weighted by Crippen LogP contribution is -2.59. The number of nitrogens with one attached hydrogen (secondary N) is 1. The Labute approximate surface area is 137 Å². The minimum Gasteiger partial charge on any atom is -0.383 e. The van der Waals surface area contributed by atoms with Crippen LogP contribution >= 0.6 is 11.6 Å². The Morgan fingerprint density at radius 2 is 2.05 bits per heavy atom. The number of piperazine rings is 1. The minimum absolute atomic E-state index is 0.0765. The average Bonchev–Trinajstić information content (AvgIpc) is 2.46. The van der Waals surface area contributed by atoms with E-state index in [1.54, 1.807) is 19.2 Å². The predicted molar refractivity (Wildman–Crippen MR) is 89.5 cm³/mol. The van der Waals surface area contributed by atoms with Gasteiger partial charge in [0.25, 0.3) is 0 Å². The Morgan fingerprint density at radius 3 is 2.64 bits per heavy atom. The number of hydrogen-bond acceptors (Lipinski definition) is 3. The molecule has 2 rings (SSSR count). The Kier molecular flexibility index (Phi) is 6.06. The molecule has 0 aliphatic carbocycles. The fraction of sp³-hybridized carbons (Fsp3) is 0.562. The molecular formula is C16H24ClN3O2. The third-order valence-corrected chi connectivity index (χ3v) is 4.25. The second kappa shape index (κ2) is 7.81. The maximum Gasteiger partial charge on any atom is 0.321 e. The van der Waals surface area contributed by atoms with Crippen LogP contribution in [0.1, 0.15) is 13.8 Å². The van der Waals surface area contributed by atoms with Crippen LogP contribution in [-0.2, 0) is 4.74 Å². The van der Waals surface area contributed by atoms with E-state index < -0.39 is 0 Å². The van der Waals surface area contributed by atoms with Gasteiger partial charge in [0.05, 0.1) is 6.61 Å². The first kappa shape index (κ1) is 17.1. The highest BCUT2D eigenvalue weighted by atomic mass is 35.5. The lowest BCUT2D eigenvalue weighted by molar-refractivity contribution is 0.0373. The normalized spacial score (nSPS) is 22.6. The quantitative estimate of drug-likeness (QED) is 0.925. The van der Waals surface area contributed by atoms with Crippen molar-refractivity contribution in [2.45, 2.75) is 25.9 Å². The molecule has 122 valence electrons. The van der Waals surface area contributed by atoms with E-state index in [0.29, 0.717) is 36.8 Å². The third kappa shape index (κ3) is 4.35. The van der Waals surface area contributed by atoms with Gasteiger partial charge in [0.2, 0.25) is 0 Å². The molecule has 0 spiro atoms.